The largest absolute Gasteiger partial charge is 0.478 e. The Hall–Kier alpha value is -0.800. The normalized spacial score (nSPS) is 11.5. The van der Waals surface area contributed by atoms with E-state index in [1.165, 1.54) is 6.92 Å². The van der Waals surface area contributed by atoms with Gasteiger partial charge < -0.3 is 5.11 Å². The first-order chi connectivity index (χ1) is 6.50. The Kier molecular flexibility index (Phi) is 3.72. The van der Waals surface area contributed by atoms with Gasteiger partial charge in [0.2, 0.25) is 0 Å². The van der Waals surface area contributed by atoms with E-state index in [0.29, 0.717) is 5.02 Å². The lowest BCUT2D eigenvalue weighted by Gasteiger charge is -2.00. The van der Waals surface area contributed by atoms with Crippen LogP contribution in [0.3, 0.4) is 0 Å². The maximum atomic E-state index is 10.6. The first kappa shape index (κ1) is 11.3. The summed E-state index contributed by atoms with van der Waals surface area (Å²) in [5.74, 6) is -0.933. The molecule has 0 aromatic heterocycles. The Bertz CT molecular complexity index is 399. The van der Waals surface area contributed by atoms with Crippen LogP contribution in [0.4, 0.5) is 0 Å². The zero-order valence-electron chi connectivity index (χ0n) is 7.42. The third-order valence-corrected chi connectivity index (χ3v) is 2.62. The molecule has 1 aromatic rings. The van der Waals surface area contributed by atoms with Gasteiger partial charge in [0.15, 0.2) is 0 Å². The minimum absolute atomic E-state index is 0.271. The number of carbonyl (C=O) groups is 1. The van der Waals surface area contributed by atoms with Crippen LogP contribution in [-0.4, -0.2) is 11.1 Å². The Morgan fingerprint density at radius 3 is 2.79 bits per heavy atom. The predicted octanol–water partition coefficient (Wildman–Crippen LogP) is 3.59. The third kappa shape index (κ3) is 2.86. The average Bonchev–Trinajstić information content (AvgIpc) is 2.11. The molecule has 0 saturated carbocycles. The minimum atomic E-state index is -0.933. The molecule has 14 heavy (non-hydrogen) atoms. The van der Waals surface area contributed by atoms with E-state index in [1.54, 1.807) is 24.3 Å². The molecule has 0 spiro atoms. The highest BCUT2D eigenvalue weighted by molar-refractivity contribution is 9.10. The van der Waals surface area contributed by atoms with E-state index in [0.717, 1.165) is 10.0 Å². The van der Waals surface area contributed by atoms with Crippen molar-refractivity contribution in [3.8, 4) is 0 Å². The van der Waals surface area contributed by atoms with Gasteiger partial charge in [-0.3, -0.25) is 0 Å². The van der Waals surface area contributed by atoms with E-state index in [4.69, 9.17) is 16.7 Å². The number of hydrogen-bond acceptors (Lipinski definition) is 1. The number of benzene rings is 1. The van der Waals surface area contributed by atoms with Crippen LogP contribution in [0.5, 0.6) is 0 Å². The molecule has 0 aliphatic carbocycles. The van der Waals surface area contributed by atoms with Gasteiger partial charge in [0.05, 0.1) is 0 Å². The van der Waals surface area contributed by atoms with Gasteiger partial charge in [-0.25, -0.2) is 4.79 Å². The van der Waals surface area contributed by atoms with Crippen molar-refractivity contribution < 1.29 is 9.90 Å². The maximum Gasteiger partial charge on any atom is 0.331 e. The van der Waals surface area contributed by atoms with Crippen LogP contribution < -0.4 is 0 Å². The molecule has 0 heterocycles. The van der Waals surface area contributed by atoms with E-state index < -0.39 is 5.97 Å². The van der Waals surface area contributed by atoms with Crippen molar-refractivity contribution in [1.82, 2.24) is 0 Å². The first-order valence-electron chi connectivity index (χ1n) is 3.87. The van der Waals surface area contributed by atoms with Gasteiger partial charge in [0.1, 0.15) is 0 Å². The molecule has 1 rings (SSSR count). The van der Waals surface area contributed by atoms with E-state index in [2.05, 4.69) is 15.9 Å². The standard InChI is InChI=1S/C10H8BrClO2/c1-6(10(13)14)4-7-5-8(12)2-3-9(7)11/h2-5H,1H3,(H,13,14). The summed E-state index contributed by atoms with van der Waals surface area (Å²) < 4.78 is 0.822. The Labute approximate surface area is 95.3 Å². The zero-order valence-corrected chi connectivity index (χ0v) is 9.76. The molecule has 0 bridgehead atoms. The average molecular weight is 276 g/mol. The summed E-state index contributed by atoms with van der Waals surface area (Å²) in [7, 11) is 0. The van der Waals surface area contributed by atoms with Gasteiger partial charge in [0.25, 0.3) is 0 Å². The molecule has 1 aromatic carbocycles. The van der Waals surface area contributed by atoms with Crippen LogP contribution >= 0.6 is 27.5 Å². The highest BCUT2D eigenvalue weighted by Gasteiger charge is 2.03. The fourth-order valence-corrected chi connectivity index (χ4v) is 1.46. The molecule has 1 N–H and O–H groups in total. The molecule has 0 saturated heterocycles. The lowest BCUT2D eigenvalue weighted by molar-refractivity contribution is -0.132. The molecule has 0 aliphatic rings. The fraction of sp³-hybridized carbons (Fsp3) is 0.100. The summed E-state index contributed by atoms with van der Waals surface area (Å²) in [6.07, 6.45) is 1.57. The summed E-state index contributed by atoms with van der Waals surface area (Å²) >= 11 is 9.09. The molecular formula is C10H8BrClO2. The number of carboxylic acid groups (broad SMARTS) is 1. The Morgan fingerprint density at radius 2 is 2.21 bits per heavy atom. The Balaban J connectivity index is 3.13. The summed E-state index contributed by atoms with van der Waals surface area (Å²) in [5.41, 5.74) is 1.03. The van der Waals surface area contributed by atoms with Crippen molar-refractivity contribution in [1.29, 1.82) is 0 Å². The van der Waals surface area contributed by atoms with Crippen molar-refractivity contribution in [2.45, 2.75) is 6.92 Å². The van der Waals surface area contributed by atoms with Crippen LogP contribution in [0.2, 0.25) is 5.02 Å². The van der Waals surface area contributed by atoms with Crippen LogP contribution in [0.25, 0.3) is 6.08 Å². The molecule has 0 unspecified atom stereocenters. The van der Waals surface area contributed by atoms with Gasteiger partial charge in [0, 0.05) is 15.1 Å². The lowest BCUT2D eigenvalue weighted by atomic mass is 10.1. The summed E-state index contributed by atoms with van der Waals surface area (Å²) in [4.78, 5) is 10.6. The molecular weight excluding hydrogens is 267 g/mol. The summed E-state index contributed by atoms with van der Waals surface area (Å²) in [5, 5.41) is 9.27. The molecule has 4 heteroatoms. The third-order valence-electron chi connectivity index (χ3n) is 1.67. The smallest absolute Gasteiger partial charge is 0.331 e. The molecule has 0 atom stereocenters. The number of rotatable bonds is 2. The molecule has 2 nitrogen and oxygen atoms in total. The SMILES string of the molecule is CC(=Cc1cc(Cl)ccc1Br)C(=O)O. The van der Waals surface area contributed by atoms with Gasteiger partial charge in [-0.05, 0) is 36.8 Å². The summed E-state index contributed by atoms with van der Waals surface area (Å²) in [6, 6.07) is 5.22. The number of aliphatic carboxylic acids is 1. The monoisotopic (exact) mass is 274 g/mol. The zero-order chi connectivity index (χ0) is 10.7. The van der Waals surface area contributed by atoms with E-state index >= 15 is 0 Å². The number of hydrogen-bond donors (Lipinski definition) is 1. The van der Waals surface area contributed by atoms with Gasteiger partial charge in [-0.2, -0.15) is 0 Å². The quantitative estimate of drug-likeness (QED) is 0.838. The van der Waals surface area contributed by atoms with Crippen molar-refractivity contribution in [2.75, 3.05) is 0 Å². The summed E-state index contributed by atoms with van der Waals surface area (Å²) in [6.45, 7) is 1.54. The minimum Gasteiger partial charge on any atom is -0.478 e. The molecule has 0 amide bonds. The fourth-order valence-electron chi connectivity index (χ4n) is 0.920. The topological polar surface area (TPSA) is 37.3 Å². The highest BCUT2D eigenvalue weighted by Crippen LogP contribution is 2.23. The molecule has 0 aliphatic heterocycles. The second-order valence-electron chi connectivity index (χ2n) is 2.80. The lowest BCUT2D eigenvalue weighted by Crippen LogP contribution is -1.95. The first-order valence-corrected chi connectivity index (χ1v) is 5.04. The molecule has 0 fully saturated rings. The van der Waals surface area contributed by atoms with Gasteiger partial charge >= 0.3 is 5.97 Å². The number of carboxylic acids is 1. The van der Waals surface area contributed by atoms with Crippen LogP contribution in [0, 0.1) is 0 Å². The van der Waals surface area contributed by atoms with Gasteiger partial charge in [-0.15, -0.1) is 0 Å². The van der Waals surface area contributed by atoms with Crippen LogP contribution in [-0.2, 0) is 4.79 Å². The second-order valence-corrected chi connectivity index (χ2v) is 4.09. The van der Waals surface area contributed by atoms with Gasteiger partial charge in [-0.1, -0.05) is 27.5 Å². The van der Waals surface area contributed by atoms with E-state index in [9.17, 15) is 4.79 Å². The van der Waals surface area contributed by atoms with Crippen LogP contribution in [0.1, 0.15) is 12.5 Å². The predicted molar refractivity (Wildman–Crippen MR) is 60.4 cm³/mol. The van der Waals surface area contributed by atoms with Crippen molar-refractivity contribution in [3.63, 3.8) is 0 Å². The van der Waals surface area contributed by atoms with Crippen molar-refractivity contribution in [3.05, 3.63) is 38.8 Å². The van der Waals surface area contributed by atoms with Crippen molar-refractivity contribution in [2.24, 2.45) is 0 Å². The highest BCUT2D eigenvalue weighted by atomic mass is 79.9. The molecule has 74 valence electrons. The van der Waals surface area contributed by atoms with E-state index in [1.807, 2.05) is 0 Å². The molecule has 0 radical (unpaired) electrons. The number of halogens is 2. The Morgan fingerprint density at radius 1 is 1.57 bits per heavy atom. The maximum absolute atomic E-state index is 10.6. The van der Waals surface area contributed by atoms with E-state index in [-0.39, 0.29) is 5.57 Å². The van der Waals surface area contributed by atoms with Crippen LogP contribution in [0.15, 0.2) is 28.2 Å². The van der Waals surface area contributed by atoms with Crippen molar-refractivity contribution >= 4 is 39.6 Å². The second kappa shape index (κ2) is 4.62.